The Kier molecular flexibility index (Phi) is 4.67. The number of aryl methyl sites for hydroxylation is 4. The molecule has 1 N–H and O–H groups in total. The van der Waals surface area contributed by atoms with E-state index in [1.807, 2.05) is 18.2 Å². The van der Waals surface area contributed by atoms with Gasteiger partial charge in [0.15, 0.2) is 5.82 Å². The van der Waals surface area contributed by atoms with Crippen molar-refractivity contribution in [3.05, 3.63) is 76.9 Å². The average Bonchev–Trinajstić information content (AvgIpc) is 2.66. The van der Waals surface area contributed by atoms with Crippen LogP contribution >= 0.6 is 0 Å². The predicted molar refractivity (Wildman–Crippen MR) is 103 cm³/mol. The molecule has 0 atom stereocenters. The van der Waals surface area contributed by atoms with Gasteiger partial charge in [-0.25, -0.2) is 14.4 Å². The van der Waals surface area contributed by atoms with Crippen LogP contribution in [0, 0.1) is 5.82 Å². The molecule has 1 aliphatic rings. The first-order chi connectivity index (χ1) is 13.1. The molecule has 1 heterocycles. The minimum Gasteiger partial charge on any atom is -0.309 e. The highest BCUT2D eigenvalue weighted by Crippen LogP contribution is 2.33. The van der Waals surface area contributed by atoms with Crippen molar-refractivity contribution in [1.29, 1.82) is 0 Å². The summed E-state index contributed by atoms with van der Waals surface area (Å²) in [4.78, 5) is 21.2. The summed E-state index contributed by atoms with van der Waals surface area (Å²) in [5.74, 6) is 0.135. The highest BCUT2D eigenvalue weighted by Gasteiger charge is 2.22. The van der Waals surface area contributed by atoms with Crippen LogP contribution < -0.4 is 5.32 Å². The van der Waals surface area contributed by atoms with Gasteiger partial charge in [-0.2, -0.15) is 0 Å². The van der Waals surface area contributed by atoms with Gasteiger partial charge in [-0.05, 0) is 55.0 Å². The molecule has 1 aromatic heterocycles. The fraction of sp³-hybridized carbons (Fsp3) is 0.227. The Morgan fingerprint density at radius 2 is 1.89 bits per heavy atom. The second-order valence-electron chi connectivity index (χ2n) is 6.78. The van der Waals surface area contributed by atoms with Gasteiger partial charge >= 0.3 is 0 Å². The van der Waals surface area contributed by atoms with Crippen LogP contribution in [-0.4, -0.2) is 15.9 Å². The van der Waals surface area contributed by atoms with Gasteiger partial charge < -0.3 is 5.32 Å². The number of fused-ring (bicyclic) bond motifs is 3. The van der Waals surface area contributed by atoms with Gasteiger partial charge in [-0.1, -0.05) is 30.3 Å². The number of rotatable bonds is 4. The van der Waals surface area contributed by atoms with Crippen LogP contribution in [-0.2, 0) is 30.5 Å². The number of hydrogen-bond acceptors (Lipinski definition) is 3. The molecule has 4 nitrogen and oxygen atoms in total. The highest BCUT2D eigenvalue weighted by atomic mass is 19.1. The minimum atomic E-state index is -0.232. The third-order valence-electron chi connectivity index (χ3n) is 4.78. The van der Waals surface area contributed by atoms with Gasteiger partial charge in [0.05, 0.1) is 17.1 Å². The zero-order valence-electron chi connectivity index (χ0n) is 15.1. The maximum atomic E-state index is 13.6. The molecule has 2 aromatic carbocycles. The van der Waals surface area contributed by atoms with Crippen molar-refractivity contribution in [2.45, 2.75) is 32.6 Å². The molecule has 136 valence electrons. The standard InChI is InChI=1S/C22H20FN3O/c1-14(27)24-22-20(11-7-15-5-3-2-4-6-15)25-21-18-10-9-17(23)13-16(18)8-12-19(21)26-22/h2-6,9-10,13H,7-8,11-12H2,1H3,(H,24,26,27). The number of nitrogens with zero attached hydrogens (tertiary/aromatic N) is 2. The maximum Gasteiger partial charge on any atom is 0.222 e. The molecule has 0 unspecified atom stereocenters. The van der Waals surface area contributed by atoms with Crippen molar-refractivity contribution >= 4 is 11.7 Å². The SMILES string of the molecule is CC(=O)Nc1nc2c(nc1CCc1ccccc1)-c1ccc(F)cc1CC2. The van der Waals surface area contributed by atoms with Crippen molar-refractivity contribution in [2.75, 3.05) is 5.32 Å². The quantitative estimate of drug-likeness (QED) is 0.760. The summed E-state index contributed by atoms with van der Waals surface area (Å²) in [7, 11) is 0. The minimum absolute atomic E-state index is 0.163. The van der Waals surface area contributed by atoms with Crippen LogP contribution in [0.5, 0.6) is 0 Å². The van der Waals surface area contributed by atoms with E-state index in [0.29, 0.717) is 18.7 Å². The number of carbonyl (C=O) groups excluding carboxylic acids is 1. The Morgan fingerprint density at radius 1 is 1.07 bits per heavy atom. The first kappa shape index (κ1) is 17.3. The largest absolute Gasteiger partial charge is 0.309 e. The molecule has 0 aliphatic heterocycles. The van der Waals surface area contributed by atoms with E-state index in [1.54, 1.807) is 12.1 Å². The van der Waals surface area contributed by atoms with Gasteiger partial charge in [0.2, 0.25) is 5.91 Å². The summed E-state index contributed by atoms with van der Waals surface area (Å²) in [6.45, 7) is 1.47. The second kappa shape index (κ2) is 7.27. The lowest BCUT2D eigenvalue weighted by molar-refractivity contribution is -0.114. The molecule has 3 aromatic rings. The molecule has 0 spiro atoms. The van der Waals surface area contributed by atoms with Gasteiger partial charge in [-0.15, -0.1) is 0 Å². The lowest BCUT2D eigenvalue weighted by Crippen LogP contribution is -2.16. The number of hydrogen-bond donors (Lipinski definition) is 1. The number of halogens is 1. The van der Waals surface area contributed by atoms with Crippen LogP contribution in [0.25, 0.3) is 11.3 Å². The smallest absolute Gasteiger partial charge is 0.222 e. The molecule has 0 bridgehead atoms. The number of carbonyl (C=O) groups is 1. The first-order valence-electron chi connectivity index (χ1n) is 9.10. The summed E-state index contributed by atoms with van der Waals surface area (Å²) in [5.41, 5.74) is 5.49. The number of nitrogens with one attached hydrogen (secondary N) is 1. The van der Waals surface area contributed by atoms with Crippen LogP contribution in [0.1, 0.15) is 29.4 Å². The molecule has 1 aliphatic carbocycles. The molecule has 0 saturated heterocycles. The number of amides is 1. The number of aromatic nitrogens is 2. The van der Waals surface area contributed by atoms with Crippen molar-refractivity contribution in [3.8, 4) is 11.3 Å². The number of benzene rings is 2. The van der Waals surface area contributed by atoms with E-state index in [4.69, 9.17) is 9.97 Å². The Morgan fingerprint density at radius 3 is 2.67 bits per heavy atom. The lowest BCUT2D eigenvalue weighted by Gasteiger charge is -2.21. The molecule has 27 heavy (non-hydrogen) atoms. The van der Waals surface area contributed by atoms with Gasteiger partial charge in [0, 0.05) is 12.5 Å². The first-order valence-corrected chi connectivity index (χ1v) is 9.10. The fourth-order valence-corrected chi connectivity index (χ4v) is 3.50. The van der Waals surface area contributed by atoms with E-state index in [-0.39, 0.29) is 11.7 Å². The van der Waals surface area contributed by atoms with Crippen molar-refractivity contribution in [2.24, 2.45) is 0 Å². The Hall–Kier alpha value is -3.08. The number of anilines is 1. The molecule has 1 amide bonds. The molecular weight excluding hydrogens is 341 g/mol. The highest BCUT2D eigenvalue weighted by molar-refractivity contribution is 5.88. The van der Waals surface area contributed by atoms with E-state index < -0.39 is 0 Å². The normalized spacial score (nSPS) is 12.2. The fourth-order valence-electron chi connectivity index (χ4n) is 3.50. The van der Waals surface area contributed by atoms with Crippen molar-refractivity contribution in [1.82, 2.24) is 9.97 Å². The van der Waals surface area contributed by atoms with Crippen LogP contribution in [0.3, 0.4) is 0 Å². The zero-order valence-corrected chi connectivity index (χ0v) is 15.1. The molecule has 4 rings (SSSR count). The summed E-state index contributed by atoms with van der Waals surface area (Å²) >= 11 is 0. The zero-order chi connectivity index (χ0) is 18.8. The third-order valence-corrected chi connectivity index (χ3v) is 4.78. The van der Waals surface area contributed by atoms with Crippen molar-refractivity contribution in [3.63, 3.8) is 0 Å². The van der Waals surface area contributed by atoms with Crippen LogP contribution in [0.15, 0.2) is 48.5 Å². The van der Waals surface area contributed by atoms with E-state index in [0.717, 1.165) is 41.1 Å². The van der Waals surface area contributed by atoms with E-state index in [9.17, 15) is 9.18 Å². The Labute approximate surface area is 157 Å². The van der Waals surface area contributed by atoms with Crippen LogP contribution in [0.4, 0.5) is 10.2 Å². The molecule has 0 radical (unpaired) electrons. The summed E-state index contributed by atoms with van der Waals surface area (Å²) in [6.07, 6.45) is 2.87. The molecule has 0 saturated carbocycles. The summed E-state index contributed by atoms with van der Waals surface area (Å²) in [6, 6.07) is 15.0. The predicted octanol–water partition coefficient (Wildman–Crippen LogP) is 4.12. The summed E-state index contributed by atoms with van der Waals surface area (Å²) in [5, 5.41) is 2.82. The second-order valence-corrected chi connectivity index (χ2v) is 6.78. The van der Waals surface area contributed by atoms with Gasteiger partial charge in [0.1, 0.15) is 5.82 Å². The molecule has 5 heteroatoms. The van der Waals surface area contributed by atoms with E-state index in [2.05, 4.69) is 17.4 Å². The molecular formula is C22H20FN3O. The maximum absolute atomic E-state index is 13.6. The van der Waals surface area contributed by atoms with E-state index >= 15 is 0 Å². The lowest BCUT2D eigenvalue weighted by atomic mass is 9.91. The Bertz CT molecular complexity index is 1000. The van der Waals surface area contributed by atoms with Gasteiger partial charge in [-0.3, -0.25) is 4.79 Å². The van der Waals surface area contributed by atoms with Crippen molar-refractivity contribution < 1.29 is 9.18 Å². The third kappa shape index (κ3) is 3.72. The topological polar surface area (TPSA) is 54.9 Å². The monoisotopic (exact) mass is 361 g/mol. The molecule has 0 fully saturated rings. The van der Waals surface area contributed by atoms with E-state index in [1.165, 1.54) is 18.6 Å². The Balaban J connectivity index is 1.73. The van der Waals surface area contributed by atoms with Crippen LogP contribution in [0.2, 0.25) is 0 Å². The summed E-state index contributed by atoms with van der Waals surface area (Å²) < 4.78 is 13.6. The average molecular weight is 361 g/mol. The van der Waals surface area contributed by atoms with Gasteiger partial charge in [0.25, 0.3) is 0 Å².